The molecule has 6 nitrogen and oxygen atoms in total. The van der Waals surface area contributed by atoms with Gasteiger partial charge in [-0.05, 0) is 62.1 Å². The van der Waals surface area contributed by atoms with E-state index in [9.17, 15) is 27.6 Å². The van der Waals surface area contributed by atoms with E-state index in [1.54, 1.807) is 63.2 Å². The summed E-state index contributed by atoms with van der Waals surface area (Å²) >= 11 is 0. The summed E-state index contributed by atoms with van der Waals surface area (Å²) in [6.45, 7) is 8.81. The van der Waals surface area contributed by atoms with Crippen molar-refractivity contribution in [2.75, 3.05) is 18.0 Å². The van der Waals surface area contributed by atoms with Crippen LogP contribution >= 0.6 is 0 Å². The summed E-state index contributed by atoms with van der Waals surface area (Å²) in [7, 11) is 0. The lowest BCUT2D eigenvalue weighted by Gasteiger charge is -2.26. The van der Waals surface area contributed by atoms with E-state index in [1.807, 2.05) is 13.8 Å². The minimum Gasteiger partial charge on any atom is -0.459 e. The van der Waals surface area contributed by atoms with Gasteiger partial charge in [-0.1, -0.05) is 38.1 Å². The first-order chi connectivity index (χ1) is 18.2. The molecule has 0 heterocycles. The van der Waals surface area contributed by atoms with Crippen molar-refractivity contribution >= 4 is 23.5 Å². The minimum atomic E-state index is -1.39. The second-order valence-corrected chi connectivity index (χ2v) is 10.5. The Hall–Kier alpha value is -4.14. The molecule has 0 fully saturated rings. The molecule has 9 heteroatoms. The molecule has 0 aromatic heterocycles. The van der Waals surface area contributed by atoms with Crippen LogP contribution in [-0.4, -0.2) is 36.5 Å². The number of benzene rings is 3. The molecule has 2 amide bonds. The van der Waals surface area contributed by atoms with Crippen LogP contribution in [-0.2, 0) is 9.53 Å². The van der Waals surface area contributed by atoms with Crippen LogP contribution in [0.15, 0.2) is 60.7 Å². The lowest BCUT2D eigenvalue weighted by Crippen LogP contribution is -2.39. The molecule has 3 rings (SSSR count). The quantitative estimate of drug-likeness (QED) is 0.348. The normalized spacial score (nSPS) is 11.3. The Morgan fingerprint density at radius 2 is 1.51 bits per heavy atom. The first-order valence-corrected chi connectivity index (χ1v) is 12.4. The summed E-state index contributed by atoms with van der Waals surface area (Å²) in [6, 6.07) is 14.0. The van der Waals surface area contributed by atoms with E-state index in [0.29, 0.717) is 41.3 Å². The number of hydrogen-bond donors (Lipinski definition) is 1. The molecule has 0 unspecified atom stereocenters. The molecule has 0 aliphatic heterocycles. The van der Waals surface area contributed by atoms with Crippen molar-refractivity contribution in [3.8, 4) is 11.1 Å². The summed E-state index contributed by atoms with van der Waals surface area (Å²) in [5.74, 6) is -5.85. The molecule has 3 aromatic rings. The Morgan fingerprint density at radius 1 is 0.897 bits per heavy atom. The second kappa shape index (κ2) is 12.1. The highest BCUT2D eigenvalue weighted by atomic mass is 19.1. The van der Waals surface area contributed by atoms with Crippen LogP contribution in [0.4, 0.5) is 18.9 Å². The fraction of sp³-hybridized carbons (Fsp3) is 0.300. The Kier molecular flexibility index (Phi) is 9.16. The fourth-order valence-electron chi connectivity index (χ4n) is 3.73. The molecule has 0 saturated heterocycles. The van der Waals surface area contributed by atoms with Gasteiger partial charge in [0.1, 0.15) is 35.2 Å². The van der Waals surface area contributed by atoms with E-state index in [4.69, 9.17) is 4.74 Å². The lowest BCUT2D eigenvalue weighted by molar-refractivity contribution is -0.152. The van der Waals surface area contributed by atoms with Crippen LogP contribution in [0, 0.1) is 23.4 Å². The van der Waals surface area contributed by atoms with Crippen LogP contribution in [0.25, 0.3) is 11.1 Å². The van der Waals surface area contributed by atoms with Crippen LogP contribution in [0.2, 0.25) is 0 Å². The third-order valence-electron chi connectivity index (χ3n) is 5.48. The molecule has 206 valence electrons. The number of nitrogens with one attached hydrogen (secondary N) is 1. The van der Waals surface area contributed by atoms with Gasteiger partial charge in [0.05, 0.1) is 0 Å². The number of anilines is 1. The van der Waals surface area contributed by atoms with Crippen molar-refractivity contribution in [1.29, 1.82) is 0 Å². The zero-order valence-electron chi connectivity index (χ0n) is 22.5. The van der Waals surface area contributed by atoms with Gasteiger partial charge in [0.2, 0.25) is 0 Å². The molecule has 0 atom stereocenters. The number of rotatable bonds is 8. The number of nitrogens with zero attached hydrogens (tertiary/aromatic N) is 1. The third kappa shape index (κ3) is 7.92. The maximum Gasteiger partial charge on any atom is 0.326 e. The van der Waals surface area contributed by atoms with Gasteiger partial charge in [-0.2, -0.15) is 0 Å². The highest BCUT2D eigenvalue weighted by Crippen LogP contribution is 2.28. The molecular formula is C30H31F3N2O4. The molecule has 0 saturated carbocycles. The van der Waals surface area contributed by atoms with E-state index in [2.05, 4.69) is 5.32 Å². The number of halogens is 3. The summed E-state index contributed by atoms with van der Waals surface area (Å²) in [5.41, 5.74) is 0.0696. The fourth-order valence-corrected chi connectivity index (χ4v) is 3.73. The Labute approximate surface area is 225 Å². The van der Waals surface area contributed by atoms with Crippen molar-refractivity contribution in [1.82, 2.24) is 5.32 Å². The van der Waals surface area contributed by atoms with E-state index >= 15 is 0 Å². The number of amides is 2. The average molecular weight is 541 g/mol. The maximum atomic E-state index is 14.5. The molecule has 3 aromatic carbocycles. The van der Waals surface area contributed by atoms with Gasteiger partial charge in [0, 0.05) is 29.9 Å². The Bertz CT molecular complexity index is 1340. The SMILES string of the molecule is CC(C)CNC(=O)c1ccc(-c2cccc(N(CC(=O)OC(C)(C)C)C(=O)c3c(F)cc(F)cc3F)c2)cc1. The van der Waals surface area contributed by atoms with E-state index in [-0.39, 0.29) is 11.6 Å². The summed E-state index contributed by atoms with van der Waals surface area (Å²) in [4.78, 5) is 39.2. The Balaban J connectivity index is 1.97. The van der Waals surface area contributed by atoms with Crippen LogP contribution < -0.4 is 10.2 Å². The molecule has 39 heavy (non-hydrogen) atoms. The number of carbonyl (C=O) groups excluding carboxylic acids is 3. The second-order valence-electron chi connectivity index (χ2n) is 10.5. The van der Waals surface area contributed by atoms with Gasteiger partial charge in [0.15, 0.2) is 0 Å². The van der Waals surface area contributed by atoms with Crippen molar-refractivity contribution < 1.29 is 32.3 Å². The van der Waals surface area contributed by atoms with Crippen molar-refractivity contribution in [2.45, 2.75) is 40.2 Å². The first-order valence-electron chi connectivity index (χ1n) is 12.4. The standard InChI is InChI=1S/C30H31F3N2O4/c1-18(2)16-34-28(37)20-11-9-19(10-12-20)21-7-6-8-23(13-21)35(17-26(36)39-30(3,4)5)29(38)27-24(32)14-22(31)15-25(27)33/h6-15,18H,16-17H2,1-5H3,(H,34,37). The summed E-state index contributed by atoms with van der Waals surface area (Å²) < 4.78 is 47.8. The average Bonchev–Trinajstić information content (AvgIpc) is 2.84. The third-order valence-corrected chi connectivity index (χ3v) is 5.48. The molecule has 0 radical (unpaired) electrons. The van der Waals surface area contributed by atoms with E-state index < -0.39 is 47.0 Å². The largest absolute Gasteiger partial charge is 0.459 e. The molecular weight excluding hydrogens is 509 g/mol. The summed E-state index contributed by atoms with van der Waals surface area (Å²) in [5, 5.41) is 2.84. The van der Waals surface area contributed by atoms with Gasteiger partial charge >= 0.3 is 5.97 Å². The van der Waals surface area contributed by atoms with Gasteiger partial charge in [-0.3, -0.25) is 19.3 Å². The molecule has 0 aliphatic carbocycles. The number of hydrogen-bond acceptors (Lipinski definition) is 4. The summed E-state index contributed by atoms with van der Waals surface area (Å²) in [6.07, 6.45) is 0. The van der Waals surface area contributed by atoms with Gasteiger partial charge < -0.3 is 10.1 Å². The highest BCUT2D eigenvalue weighted by molar-refractivity contribution is 6.09. The zero-order chi connectivity index (χ0) is 28.9. The first kappa shape index (κ1) is 29.4. The molecule has 1 N–H and O–H groups in total. The lowest BCUT2D eigenvalue weighted by atomic mass is 10.0. The van der Waals surface area contributed by atoms with Gasteiger partial charge in [-0.25, -0.2) is 13.2 Å². The number of ether oxygens (including phenoxy) is 1. The molecule has 0 spiro atoms. The topological polar surface area (TPSA) is 75.7 Å². The Morgan fingerprint density at radius 3 is 2.08 bits per heavy atom. The van der Waals surface area contributed by atoms with Gasteiger partial charge in [0.25, 0.3) is 11.8 Å². The van der Waals surface area contributed by atoms with Crippen molar-refractivity contribution in [3.63, 3.8) is 0 Å². The van der Waals surface area contributed by atoms with Crippen molar-refractivity contribution in [2.24, 2.45) is 5.92 Å². The maximum absolute atomic E-state index is 14.5. The van der Waals surface area contributed by atoms with Gasteiger partial charge in [-0.15, -0.1) is 0 Å². The van der Waals surface area contributed by atoms with Crippen molar-refractivity contribution in [3.05, 3.63) is 89.2 Å². The zero-order valence-corrected chi connectivity index (χ0v) is 22.5. The molecule has 0 bridgehead atoms. The van der Waals surface area contributed by atoms with Crippen LogP contribution in [0.5, 0.6) is 0 Å². The molecule has 0 aliphatic rings. The van der Waals surface area contributed by atoms with Crippen LogP contribution in [0.3, 0.4) is 0 Å². The number of esters is 1. The van der Waals surface area contributed by atoms with Crippen LogP contribution in [0.1, 0.15) is 55.3 Å². The minimum absolute atomic E-state index is 0.158. The predicted molar refractivity (Wildman–Crippen MR) is 143 cm³/mol. The van der Waals surface area contributed by atoms with E-state index in [0.717, 1.165) is 4.90 Å². The highest BCUT2D eigenvalue weighted by Gasteiger charge is 2.29. The number of carbonyl (C=O) groups is 3. The monoisotopic (exact) mass is 540 g/mol. The predicted octanol–water partition coefficient (Wildman–Crippen LogP) is 6.15. The van der Waals surface area contributed by atoms with E-state index in [1.165, 1.54) is 6.07 Å². The smallest absolute Gasteiger partial charge is 0.326 e.